The van der Waals surface area contributed by atoms with E-state index in [9.17, 15) is 9.59 Å². The Balaban J connectivity index is 1.40. The fourth-order valence-electron chi connectivity index (χ4n) is 3.23. The monoisotopic (exact) mass is 379 g/mol. The fourth-order valence-corrected chi connectivity index (χ4v) is 3.23. The molecule has 0 aromatic heterocycles. The van der Waals surface area contributed by atoms with Crippen LogP contribution in [0.5, 0.6) is 5.75 Å². The lowest BCUT2D eigenvalue weighted by Crippen LogP contribution is -2.40. The number of anilines is 1. The quantitative estimate of drug-likeness (QED) is 0.855. The molecule has 1 aliphatic carbocycles. The van der Waals surface area contributed by atoms with Crippen molar-refractivity contribution in [3.8, 4) is 5.75 Å². The van der Waals surface area contributed by atoms with E-state index in [1.807, 2.05) is 49.4 Å². The average molecular weight is 379 g/mol. The van der Waals surface area contributed by atoms with E-state index in [1.54, 1.807) is 4.90 Å². The third-order valence-electron chi connectivity index (χ3n) is 5.11. The van der Waals surface area contributed by atoms with Crippen molar-refractivity contribution >= 4 is 17.6 Å². The summed E-state index contributed by atoms with van der Waals surface area (Å²) < 4.78 is 5.79. The maximum atomic E-state index is 12.7. The van der Waals surface area contributed by atoms with Crippen molar-refractivity contribution in [3.05, 3.63) is 59.2 Å². The molecule has 4 rings (SSSR count). The molecule has 2 aliphatic rings. The molecule has 0 radical (unpaired) electrons. The molecule has 6 heteroatoms. The second kappa shape index (κ2) is 7.92. The molecule has 1 aliphatic heterocycles. The van der Waals surface area contributed by atoms with Gasteiger partial charge < -0.3 is 20.3 Å². The van der Waals surface area contributed by atoms with E-state index in [4.69, 9.17) is 4.74 Å². The van der Waals surface area contributed by atoms with Crippen LogP contribution in [0.2, 0.25) is 0 Å². The summed E-state index contributed by atoms with van der Waals surface area (Å²) >= 11 is 0. The first-order chi connectivity index (χ1) is 13.6. The van der Waals surface area contributed by atoms with E-state index in [2.05, 4.69) is 10.6 Å². The van der Waals surface area contributed by atoms with Crippen LogP contribution in [0.1, 0.15) is 29.5 Å². The Morgan fingerprint density at radius 3 is 2.68 bits per heavy atom. The number of nitrogens with one attached hydrogen (secondary N) is 2. The Kier molecular flexibility index (Phi) is 5.19. The second-order valence-corrected chi connectivity index (χ2v) is 7.50. The third kappa shape index (κ3) is 4.44. The summed E-state index contributed by atoms with van der Waals surface area (Å²) in [6.07, 6.45) is 1.93. The van der Waals surface area contributed by atoms with E-state index in [1.165, 1.54) is 5.56 Å². The zero-order valence-corrected chi connectivity index (χ0v) is 16.0. The van der Waals surface area contributed by atoms with Gasteiger partial charge in [0.15, 0.2) is 0 Å². The second-order valence-electron chi connectivity index (χ2n) is 7.50. The molecular weight excluding hydrogens is 354 g/mol. The predicted octanol–water partition coefficient (Wildman–Crippen LogP) is 3.45. The summed E-state index contributed by atoms with van der Waals surface area (Å²) in [5, 5.41) is 5.93. The summed E-state index contributed by atoms with van der Waals surface area (Å²) in [5.74, 6) is 0.986. The molecule has 0 saturated heterocycles. The maximum Gasteiger partial charge on any atom is 0.318 e. The van der Waals surface area contributed by atoms with Crippen LogP contribution < -0.4 is 15.4 Å². The zero-order valence-electron chi connectivity index (χ0n) is 16.0. The standard InChI is InChI=1S/C22H25N3O3/c1-15-2-4-16(5-3-15)13-23-22(27)25-10-11-28-20-9-8-19(12-18(20)14-25)24-21(26)17-6-7-17/h2-5,8-9,12,17H,6-7,10-11,13-14H2,1H3,(H,23,27)(H,24,26). The van der Waals surface area contributed by atoms with E-state index < -0.39 is 0 Å². The van der Waals surface area contributed by atoms with Crippen molar-refractivity contribution in [1.82, 2.24) is 10.2 Å². The summed E-state index contributed by atoms with van der Waals surface area (Å²) in [4.78, 5) is 26.4. The predicted molar refractivity (Wildman–Crippen MR) is 107 cm³/mol. The van der Waals surface area contributed by atoms with Gasteiger partial charge >= 0.3 is 6.03 Å². The number of carbonyl (C=O) groups excluding carboxylic acids is 2. The molecule has 0 unspecified atom stereocenters. The number of fused-ring (bicyclic) bond motifs is 1. The first-order valence-electron chi connectivity index (χ1n) is 9.73. The van der Waals surface area contributed by atoms with Gasteiger partial charge in [0.25, 0.3) is 0 Å². The molecule has 2 aromatic rings. The fraction of sp³-hybridized carbons (Fsp3) is 0.364. The molecule has 0 spiro atoms. The van der Waals surface area contributed by atoms with Gasteiger partial charge in [0.1, 0.15) is 12.4 Å². The number of hydrogen-bond acceptors (Lipinski definition) is 3. The molecule has 1 heterocycles. The smallest absolute Gasteiger partial charge is 0.318 e. The number of urea groups is 1. The molecule has 0 atom stereocenters. The van der Waals surface area contributed by atoms with Crippen LogP contribution >= 0.6 is 0 Å². The number of nitrogens with zero attached hydrogens (tertiary/aromatic N) is 1. The molecular formula is C22H25N3O3. The van der Waals surface area contributed by atoms with Crippen molar-refractivity contribution in [2.24, 2.45) is 5.92 Å². The van der Waals surface area contributed by atoms with Crippen LogP contribution in [-0.4, -0.2) is 30.0 Å². The minimum Gasteiger partial charge on any atom is -0.491 e. The molecule has 2 aromatic carbocycles. The van der Waals surface area contributed by atoms with E-state index >= 15 is 0 Å². The number of aryl methyl sites for hydroxylation is 1. The van der Waals surface area contributed by atoms with Crippen LogP contribution in [0.4, 0.5) is 10.5 Å². The largest absolute Gasteiger partial charge is 0.491 e. The van der Waals surface area contributed by atoms with Crippen LogP contribution in [0.15, 0.2) is 42.5 Å². The van der Waals surface area contributed by atoms with Gasteiger partial charge in [0.2, 0.25) is 5.91 Å². The van der Waals surface area contributed by atoms with Crippen molar-refractivity contribution < 1.29 is 14.3 Å². The van der Waals surface area contributed by atoms with Gasteiger partial charge in [-0.3, -0.25) is 4.79 Å². The highest BCUT2D eigenvalue weighted by molar-refractivity contribution is 5.94. The molecule has 3 amide bonds. The number of hydrogen-bond donors (Lipinski definition) is 2. The Hall–Kier alpha value is -3.02. The van der Waals surface area contributed by atoms with Crippen LogP contribution in [0.3, 0.4) is 0 Å². The molecule has 1 saturated carbocycles. The van der Waals surface area contributed by atoms with Crippen molar-refractivity contribution in [3.63, 3.8) is 0 Å². The maximum absolute atomic E-state index is 12.7. The number of rotatable bonds is 4. The summed E-state index contributed by atoms with van der Waals surface area (Å²) in [6.45, 7) is 3.93. The number of benzene rings is 2. The topological polar surface area (TPSA) is 70.7 Å². The molecule has 6 nitrogen and oxygen atoms in total. The first kappa shape index (κ1) is 18.3. The lowest BCUT2D eigenvalue weighted by Gasteiger charge is -2.20. The highest BCUT2D eigenvalue weighted by Crippen LogP contribution is 2.31. The molecule has 146 valence electrons. The van der Waals surface area contributed by atoms with E-state index in [-0.39, 0.29) is 17.9 Å². The number of amides is 3. The first-order valence-corrected chi connectivity index (χ1v) is 9.73. The molecule has 28 heavy (non-hydrogen) atoms. The number of carbonyl (C=O) groups is 2. The van der Waals surface area contributed by atoms with Crippen molar-refractivity contribution in [1.29, 1.82) is 0 Å². The van der Waals surface area contributed by atoms with Gasteiger partial charge in [-0.25, -0.2) is 4.79 Å². The molecule has 1 fully saturated rings. The van der Waals surface area contributed by atoms with E-state index in [0.717, 1.165) is 35.4 Å². The highest BCUT2D eigenvalue weighted by atomic mass is 16.5. The molecule has 2 N–H and O–H groups in total. The normalized spacial score (nSPS) is 15.8. The van der Waals surface area contributed by atoms with Gasteiger partial charge in [0.05, 0.1) is 13.1 Å². The lowest BCUT2D eigenvalue weighted by molar-refractivity contribution is -0.117. The summed E-state index contributed by atoms with van der Waals surface area (Å²) in [5.41, 5.74) is 3.91. The van der Waals surface area contributed by atoms with Crippen LogP contribution in [0, 0.1) is 12.8 Å². The Bertz CT molecular complexity index is 875. The van der Waals surface area contributed by atoms with Crippen molar-refractivity contribution in [2.75, 3.05) is 18.5 Å². The Morgan fingerprint density at radius 1 is 1.14 bits per heavy atom. The van der Waals surface area contributed by atoms with Crippen LogP contribution in [-0.2, 0) is 17.9 Å². The minimum atomic E-state index is -0.121. The summed E-state index contributed by atoms with van der Waals surface area (Å²) in [6, 6.07) is 13.6. The van der Waals surface area contributed by atoms with Gasteiger partial charge in [0, 0.05) is 23.7 Å². The molecule has 0 bridgehead atoms. The SMILES string of the molecule is Cc1ccc(CNC(=O)N2CCOc3ccc(NC(=O)C4CC4)cc3C2)cc1. The van der Waals surface area contributed by atoms with E-state index in [0.29, 0.717) is 26.2 Å². The number of ether oxygens (including phenoxy) is 1. The Morgan fingerprint density at radius 2 is 1.93 bits per heavy atom. The summed E-state index contributed by atoms with van der Waals surface area (Å²) in [7, 11) is 0. The lowest BCUT2D eigenvalue weighted by atomic mass is 10.1. The van der Waals surface area contributed by atoms with Gasteiger partial charge in [-0.15, -0.1) is 0 Å². The minimum absolute atomic E-state index is 0.0715. The average Bonchev–Trinajstić information content (AvgIpc) is 3.54. The van der Waals surface area contributed by atoms with Gasteiger partial charge in [-0.2, -0.15) is 0 Å². The van der Waals surface area contributed by atoms with Crippen molar-refractivity contribution in [2.45, 2.75) is 32.9 Å². The zero-order chi connectivity index (χ0) is 19.5. The Labute approximate surface area is 164 Å². The van der Waals surface area contributed by atoms with Crippen LogP contribution in [0.25, 0.3) is 0 Å². The van der Waals surface area contributed by atoms with Gasteiger partial charge in [-0.1, -0.05) is 29.8 Å². The van der Waals surface area contributed by atoms with Gasteiger partial charge in [-0.05, 0) is 43.5 Å². The highest BCUT2D eigenvalue weighted by Gasteiger charge is 2.29. The third-order valence-corrected chi connectivity index (χ3v) is 5.11.